The van der Waals surface area contributed by atoms with E-state index in [-0.39, 0.29) is 6.04 Å². The summed E-state index contributed by atoms with van der Waals surface area (Å²) >= 11 is 5.45. The minimum Gasteiger partial charge on any atom is -0.362 e. The maximum Gasteiger partial charge on any atom is 0.411 e. The molecule has 1 unspecified atom stereocenters. The van der Waals surface area contributed by atoms with Gasteiger partial charge in [0.15, 0.2) is 0 Å². The zero-order valence-electron chi connectivity index (χ0n) is 8.94. The van der Waals surface area contributed by atoms with Crippen LogP contribution in [0.3, 0.4) is 0 Å². The molecule has 0 aromatic rings. The van der Waals surface area contributed by atoms with E-state index in [1.807, 2.05) is 0 Å². The van der Waals surface area contributed by atoms with Crippen molar-refractivity contribution in [3.63, 3.8) is 0 Å². The zero-order valence-corrected chi connectivity index (χ0v) is 9.70. The van der Waals surface area contributed by atoms with Crippen molar-refractivity contribution >= 4 is 17.5 Å². The first kappa shape index (κ1) is 15.5. The third-order valence-electron chi connectivity index (χ3n) is 1.68. The van der Waals surface area contributed by atoms with E-state index in [1.165, 1.54) is 0 Å². The van der Waals surface area contributed by atoms with Crippen molar-refractivity contribution in [3.05, 3.63) is 0 Å². The Labute approximate surface area is 97.3 Å². The summed E-state index contributed by atoms with van der Waals surface area (Å²) < 4.78 is 39.2. The first-order valence-electron chi connectivity index (χ1n) is 4.85. The van der Waals surface area contributed by atoms with Crippen LogP contribution in [0, 0.1) is 0 Å². The summed E-state index contributed by atoms with van der Waals surface area (Å²) in [6.07, 6.45) is -2.97. The van der Waals surface area contributed by atoms with Gasteiger partial charge in [0.25, 0.3) is 0 Å². The monoisotopic (exact) mass is 261 g/mol. The maximum absolute atomic E-state index is 11.7. The molecular weight excluding hydrogens is 247 g/mol. The van der Waals surface area contributed by atoms with Crippen LogP contribution in [0.15, 0.2) is 0 Å². The fourth-order valence-electron chi connectivity index (χ4n) is 1.03. The molecule has 0 aliphatic carbocycles. The molecule has 16 heavy (non-hydrogen) atoms. The van der Waals surface area contributed by atoms with Crippen molar-refractivity contribution < 1.29 is 22.7 Å². The van der Waals surface area contributed by atoms with Gasteiger partial charge < -0.3 is 10.1 Å². The van der Waals surface area contributed by atoms with Crippen LogP contribution >= 0.6 is 11.6 Å². The lowest BCUT2D eigenvalue weighted by Crippen LogP contribution is -2.36. The smallest absolute Gasteiger partial charge is 0.362 e. The standard InChI is InChI=1S/C9H15ClF3NO2/c1-7(3-2-4-10)14-8(15)5-16-6-9(11,12)13/h7H,2-6H2,1H3,(H,14,15). The summed E-state index contributed by atoms with van der Waals surface area (Å²) in [5.41, 5.74) is 0. The van der Waals surface area contributed by atoms with Gasteiger partial charge in [-0.1, -0.05) is 0 Å². The highest BCUT2D eigenvalue weighted by molar-refractivity contribution is 6.17. The van der Waals surface area contributed by atoms with Gasteiger partial charge in [-0.05, 0) is 19.8 Å². The van der Waals surface area contributed by atoms with Crippen LogP contribution in [0.5, 0.6) is 0 Å². The predicted molar refractivity (Wildman–Crippen MR) is 54.4 cm³/mol. The Hall–Kier alpha value is -0.490. The van der Waals surface area contributed by atoms with Gasteiger partial charge in [-0.15, -0.1) is 11.6 Å². The lowest BCUT2D eigenvalue weighted by Gasteiger charge is -2.13. The van der Waals surface area contributed by atoms with E-state index in [2.05, 4.69) is 10.1 Å². The summed E-state index contributed by atoms with van der Waals surface area (Å²) in [7, 11) is 0. The molecule has 0 aliphatic rings. The van der Waals surface area contributed by atoms with E-state index in [1.54, 1.807) is 6.92 Å². The van der Waals surface area contributed by atoms with Gasteiger partial charge in [-0.3, -0.25) is 4.79 Å². The highest BCUT2D eigenvalue weighted by atomic mass is 35.5. The van der Waals surface area contributed by atoms with Crippen molar-refractivity contribution in [1.29, 1.82) is 0 Å². The largest absolute Gasteiger partial charge is 0.411 e. The molecule has 0 spiro atoms. The van der Waals surface area contributed by atoms with E-state index >= 15 is 0 Å². The van der Waals surface area contributed by atoms with Crippen LogP contribution in [0.2, 0.25) is 0 Å². The lowest BCUT2D eigenvalue weighted by atomic mass is 10.2. The van der Waals surface area contributed by atoms with Gasteiger partial charge in [0.05, 0.1) is 0 Å². The van der Waals surface area contributed by atoms with Crippen molar-refractivity contribution in [3.8, 4) is 0 Å². The molecule has 3 nitrogen and oxygen atoms in total. The molecule has 0 fully saturated rings. The Balaban J connectivity index is 3.58. The predicted octanol–water partition coefficient (Wildman–Crippen LogP) is 2.09. The fourth-order valence-corrected chi connectivity index (χ4v) is 1.19. The van der Waals surface area contributed by atoms with Gasteiger partial charge >= 0.3 is 6.18 Å². The van der Waals surface area contributed by atoms with E-state index in [0.717, 1.165) is 6.42 Å². The molecular formula is C9H15ClF3NO2. The van der Waals surface area contributed by atoms with Crippen LogP contribution in [0.4, 0.5) is 13.2 Å². The number of nitrogens with one attached hydrogen (secondary N) is 1. The number of ether oxygens (including phenoxy) is 1. The molecule has 0 heterocycles. The third kappa shape index (κ3) is 10.0. The number of amides is 1. The van der Waals surface area contributed by atoms with Crippen LogP contribution < -0.4 is 5.32 Å². The Morgan fingerprint density at radius 1 is 1.50 bits per heavy atom. The Morgan fingerprint density at radius 3 is 2.62 bits per heavy atom. The molecule has 0 saturated heterocycles. The molecule has 0 aliphatic heterocycles. The lowest BCUT2D eigenvalue weighted by molar-refractivity contribution is -0.175. The second-order valence-corrected chi connectivity index (χ2v) is 3.79. The van der Waals surface area contributed by atoms with Gasteiger partial charge in [0.2, 0.25) is 5.91 Å². The fraction of sp³-hybridized carbons (Fsp3) is 0.889. The zero-order chi connectivity index (χ0) is 12.6. The van der Waals surface area contributed by atoms with Crippen LogP contribution in [0.1, 0.15) is 19.8 Å². The topological polar surface area (TPSA) is 38.3 Å². The molecule has 1 atom stereocenters. The first-order valence-corrected chi connectivity index (χ1v) is 5.38. The van der Waals surface area contributed by atoms with Crippen LogP contribution in [-0.4, -0.2) is 37.2 Å². The van der Waals surface area contributed by atoms with Gasteiger partial charge in [0, 0.05) is 11.9 Å². The molecule has 0 aromatic heterocycles. The second-order valence-electron chi connectivity index (χ2n) is 3.41. The molecule has 0 aromatic carbocycles. The second kappa shape index (κ2) is 7.73. The Kier molecular flexibility index (Phi) is 7.49. The molecule has 0 saturated carbocycles. The van der Waals surface area contributed by atoms with Gasteiger partial charge in [-0.25, -0.2) is 0 Å². The van der Waals surface area contributed by atoms with Crippen LogP contribution in [0.25, 0.3) is 0 Å². The molecule has 1 amide bonds. The van der Waals surface area contributed by atoms with Crippen molar-refractivity contribution in [2.24, 2.45) is 0 Å². The molecule has 0 radical (unpaired) electrons. The quantitative estimate of drug-likeness (QED) is 0.713. The van der Waals surface area contributed by atoms with Crippen LogP contribution in [-0.2, 0) is 9.53 Å². The number of carbonyl (C=O) groups is 1. The summed E-state index contributed by atoms with van der Waals surface area (Å²) in [6.45, 7) is -0.227. The van der Waals surface area contributed by atoms with Gasteiger partial charge in [-0.2, -0.15) is 13.2 Å². The normalized spacial score (nSPS) is 13.6. The average molecular weight is 262 g/mol. The van der Waals surface area contributed by atoms with E-state index in [4.69, 9.17) is 11.6 Å². The number of carbonyl (C=O) groups excluding carboxylic acids is 1. The van der Waals surface area contributed by atoms with E-state index in [0.29, 0.717) is 12.3 Å². The number of rotatable bonds is 7. The SMILES string of the molecule is CC(CCCCl)NC(=O)COCC(F)(F)F. The van der Waals surface area contributed by atoms with Crippen molar-refractivity contribution in [1.82, 2.24) is 5.32 Å². The molecule has 1 N–H and O–H groups in total. The minimum atomic E-state index is -4.40. The highest BCUT2D eigenvalue weighted by Gasteiger charge is 2.27. The molecule has 0 bridgehead atoms. The highest BCUT2D eigenvalue weighted by Crippen LogP contribution is 2.14. The average Bonchev–Trinajstić information content (AvgIpc) is 2.12. The number of hydrogen-bond acceptors (Lipinski definition) is 2. The van der Waals surface area contributed by atoms with E-state index < -0.39 is 25.3 Å². The van der Waals surface area contributed by atoms with Crippen molar-refractivity contribution in [2.45, 2.75) is 32.0 Å². The summed E-state index contributed by atoms with van der Waals surface area (Å²) in [5, 5.41) is 2.51. The summed E-state index contributed by atoms with van der Waals surface area (Å²) in [5.74, 6) is -0.0588. The van der Waals surface area contributed by atoms with E-state index in [9.17, 15) is 18.0 Å². The molecule has 7 heteroatoms. The molecule has 0 rings (SSSR count). The molecule has 96 valence electrons. The maximum atomic E-state index is 11.7. The Bertz CT molecular complexity index is 211. The summed E-state index contributed by atoms with van der Waals surface area (Å²) in [6, 6.07) is -0.110. The number of hydrogen-bond donors (Lipinski definition) is 1. The number of alkyl halides is 4. The Morgan fingerprint density at radius 2 is 2.12 bits per heavy atom. The van der Waals surface area contributed by atoms with Gasteiger partial charge in [0.1, 0.15) is 13.2 Å². The minimum absolute atomic E-state index is 0.110. The first-order chi connectivity index (χ1) is 7.35. The number of halogens is 4. The summed E-state index contributed by atoms with van der Waals surface area (Å²) in [4.78, 5) is 11.1. The third-order valence-corrected chi connectivity index (χ3v) is 1.94. The van der Waals surface area contributed by atoms with Crippen molar-refractivity contribution in [2.75, 3.05) is 19.1 Å².